The Morgan fingerprint density at radius 2 is 1.95 bits per heavy atom. The lowest BCUT2D eigenvalue weighted by molar-refractivity contribution is 0.317. The lowest BCUT2D eigenvalue weighted by atomic mass is 9.91. The van der Waals surface area contributed by atoms with Crippen LogP contribution in [-0.2, 0) is 0 Å². The van der Waals surface area contributed by atoms with E-state index < -0.39 is 0 Å². The molecule has 0 bridgehead atoms. The summed E-state index contributed by atoms with van der Waals surface area (Å²) >= 11 is 5.96. The summed E-state index contributed by atoms with van der Waals surface area (Å²) in [6.07, 6.45) is 5.46. The van der Waals surface area contributed by atoms with Crippen LogP contribution in [0.5, 0.6) is 0 Å². The van der Waals surface area contributed by atoms with E-state index in [0.29, 0.717) is 15.9 Å². The minimum Gasteiger partial charge on any atom is -0.328 e. The standard InChI is InChI=1S/C14H16ClN3O.ClH/c15-9-1-6-13-12(7-9)14(19)18(8-17-13)11-4-2-10(16)3-5-11;/h1,6-8,10-11H,2-5,16H2;1H. The topological polar surface area (TPSA) is 60.9 Å². The van der Waals surface area contributed by atoms with E-state index in [1.54, 1.807) is 29.1 Å². The molecule has 108 valence electrons. The van der Waals surface area contributed by atoms with E-state index >= 15 is 0 Å². The Balaban J connectivity index is 0.00000147. The van der Waals surface area contributed by atoms with Gasteiger partial charge >= 0.3 is 0 Å². The number of benzene rings is 1. The highest BCUT2D eigenvalue weighted by Crippen LogP contribution is 2.26. The van der Waals surface area contributed by atoms with Crippen LogP contribution in [0.25, 0.3) is 10.9 Å². The van der Waals surface area contributed by atoms with E-state index in [1.807, 2.05) is 0 Å². The largest absolute Gasteiger partial charge is 0.328 e. The van der Waals surface area contributed by atoms with E-state index in [0.717, 1.165) is 25.7 Å². The van der Waals surface area contributed by atoms with Crippen molar-refractivity contribution >= 4 is 34.9 Å². The van der Waals surface area contributed by atoms with Gasteiger partial charge in [-0.05, 0) is 43.9 Å². The molecule has 0 atom stereocenters. The van der Waals surface area contributed by atoms with Gasteiger partial charge in [0, 0.05) is 17.1 Å². The molecule has 1 aromatic carbocycles. The molecule has 0 unspecified atom stereocenters. The smallest absolute Gasteiger partial charge is 0.261 e. The van der Waals surface area contributed by atoms with E-state index in [2.05, 4.69) is 4.98 Å². The Hall–Kier alpha value is -1.10. The fourth-order valence-corrected chi connectivity index (χ4v) is 2.92. The van der Waals surface area contributed by atoms with E-state index in [1.165, 1.54) is 0 Å². The third-order valence-electron chi connectivity index (χ3n) is 3.88. The maximum absolute atomic E-state index is 12.5. The quantitative estimate of drug-likeness (QED) is 0.880. The van der Waals surface area contributed by atoms with Crippen LogP contribution in [0.15, 0.2) is 29.3 Å². The summed E-state index contributed by atoms with van der Waals surface area (Å²) < 4.78 is 1.74. The maximum Gasteiger partial charge on any atom is 0.261 e. The predicted molar refractivity (Wildman–Crippen MR) is 83.7 cm³/mol. The Kier molecular flexibility index (Phi) is 4.68. The molecule has 1 heterocycles. The molecule has 0 aliphatic heterocycles. The number of aromatic nitrogens is 2. The second kappa shape index (κ2) is 6.12. The zero-order valence-corrected chi connectivity index (χ0v) is 12.5. The van der Waals surface area contributed by atoms with Gasteiger partial charge < -0.3 is 5.73 Å². The minimum atomic E-state index is -0.00651. The molecule has 2 aromatic rings. The Morgan fingerprint density at radius 3 is 2.65 bits per heavy atom. The third kappa shape index (κ3) is 2.82. The summed E-state index contributed by atoms with van der Waals surface area (Å²) in [4.78, 5) is 16.8. The fourth-order valence-electron chi connectivity index (χ4n) is 2.75. The summed E-state index contributed by atoms with van der Waals surface area (Å²) in [6, 6.07) is 5.70. The lowest BCUT2D eigenvalue weighted by Gasteiger charge is -2.27. The van der Waals surface area contributed by atoms with Gasteiger partial charge in [-0.25, -0.2) is 4.98 Å². The van der Waals surface area contributed by atoms with Gasteiger partial charge in [-0.3, -0.25) is 9.36 Å². The molecule has 0 radical (unpaired) electrons. The van der Waals surface area contributed by atoms with E-state index in [4.69, 9.17) is 17.3 Å². The Morgan fingerprint density at radius 1 is 1.25 bits per heavy atom. The van der Waals surface area contributed by atoms with Gasteiger partial charge in [0.2, 0.25) is 0 Å². The average Bonchev–Trinajstić information content (AvgIpc) is 2.41. The van der Waals surface area contributed by atoms with Gasteiger partial charge in [-0.15, -0.1) is 12.4 Å². The van der Waals surface area contributed by atoms with Crippen LogP contribution in [0, 0.1) is 0 Å². The van der Waals surface area contributed by atoms with Crippen molar-refractivity contribution in [3.63, 3.8) is 0 Å². The lowest BCUT2D eigenvalue weighted by Crippen LogP contribution is -2.32. The predicted octanol–water partition coefficient (Wildman–Crippen LogP) is 2.91. The first-order valence-electron chi connectivity index (χ1n) is 6.57. The summed E-state index contributed by atoms with van der Waals surface area (Å²) in [6.45, 7) is 0. The molecule has 0 amide bonds. The van der Waals surface area contributed by atoms with Crippen molar-refractivity contribution in [2.45, 2.75) is 37.8 Å². The van der Waals surface area contributed by atoms with Crippen molar-refractivity contribution in [1.29, 1.82) is 0 Å². The molecule has 1 aliphatic carbocycles. The maximum atomic E-state index is 12.5. The van der Waals surface area contributed by atoms with Crippen LogP contribution < -0.4 is 11.3 Å². The van der Waals surface area contributed by atoms with Crippen LogP contribution in [-0.4, -0.2) is 15.6 Å². The number of halogens is 2. The van der Waals surface area contributed by atoms with Gasteiger partial charge in [0.05, 0.1) is 17.2 Å². The highest BCUT2D eigenvalue weighted by atomic mass is 35.5. The minimum absolute atomic E-state index is 0. The summed E-state index contributed by atoms with van der Waals surface area (Å²) in [5.74, 6) is 0. The highest BCUT2D eigenvalue weighted by Gasteiger charge is 2.21. The van der Waals surface area contributed by atoms with Crippen molar-refractivity contribution in [1.82, 2.24) is 9.55 Å². The first-order valence-corrected chi connectivity index (χ1v) is 6.95. The normalized spacial score (nSPS) is 22.5. The van der Waals surface area contributed by atoms with E-state index in [9.17, 15) is 4.79 Å². The number of rotatable bonds is 1. The summed E-state index contributed by atoms with van der Waals surface area (Å²) in [5, 5.41) is 1.15. The van der Waals surface area contributed by atoms with Crippen LogP contribution in [0.1, 0.15) is 31.7 Å². The van der Waals surface area contributed by atoms with Gasteiger partial charge in [-0.1, -0.05) is 11.6 Å². The molecule has 2 N–H and O–H groups in total. The Labute approximate surface area is 128 Å². The molecule has 1 fully saturated rings. The van der Waals surface area contributed by atoms with Crippen LogP contribution in [0.4, 0.5) is 0 Å². The third-order valence-corrected chi connectivity index (χ3v) is 4.11. The molecular weight excluding hydrogens is 297 g/mol. The zero-order valence-electron chi connectivity index (χ0n) is 11.0. The molecule has 0 spiro atoms. The zero-order chi connectivity index (χ0) is 13.4. The second-order valence-corrected chi connectivity index (χ2v) is 5.62. The molecule has 6 heteroatoms. The number of nitrogens with two attached hydrogens (primary N) is 1. The number of nitrogens with zero attached hydrogens (tertiary/aromatic N) is 2. The molecule has 1 aliphatic rings. The molecule has 1 aromatic heterocycles. The second-order valence-electron chi connectivity index (χ2n) is 5.19. The molecule has 1 saturated carbocycles. The van der Waals surface area contributed by atoms with Gasteiger partial charge in [0.25, 0.3) is 5.56 Å². The Bertz CT molecular complexity index is 663. The first kappa shape index (κ1) is 15.3. The SMILES string of the molecule is Cl.NC1CCC(n2cnc3ccc(Cl)cc3c2=O)CC1. The highest BCUT2D eigenvalue weighted by molar-refractivity contribution is 6.31. The number of fused-ring (bicyclic) bond motifs is 1. The molecule has 20 heavy (non-hydrogen) atoms. The van der Waals surface area contributed by atoms with Crippen LogP contribution in [0.3, 0.4) is 0 Å². The van der Waals surface area contributed by atoms with Gasteiger partial charge in [0.1, 0.15) is 0 Å². The molecule has 3 rings (SSSR count). The fraction of sp³-hybridized carbons (Fsp3) is 0.429. The molecular formula is C14H17Cl2N3O. The van der Waals surface area contributed by atoms with E-state index in [-0.39, 0.29) is 30.0 Å². The van der Waals surface area contributed by atoms with Gasteiger partial charge in [-0.2, -0.15) is 0 Å². The summed E-state index contributed by atoms with van der Waals surface area (Å²) in [7, 11) is 0. The summed E-state index contributed by atoms with van der Waals surface area (Å²) in [5.41, 5.74) is 6.59. The first-order chi connectivity index (χ1) is 9.15. The molecule has 4 nitrogen and oxygen atoms in total. The van der Waals surface area contributed by atoms with Crippen molar-refractivity contribution < 1.29 is 0 Å². The van der Waals surface area contributed by atoms with Crippen LogP contribution >= 0.6 is 24.0 Å². The van der Waals surface area contributed by atoms with Gasteiger partial charge in [0.15, 0.2) is 0 Å². The van der Waals surface area contributed by atoms with Crippen LogP contribution in [0.2, 0.25) is 5.02 Å². The van der Waals surface area contributed by atoms with Crippen molar-refractivity contribution in [3.8, 4) is 0 Å². The number of hydrogen-bond acceptors (Lipinski definition) is 3. The monoisotopic (exact) mass is 313 g/mol. The average molecular weight is 314 g/mol. The molecule has 0 saturated heterocycles. The van der Waals surface area contributed by atoms with Crippen molar-refractivity contribution in [2.24, 2.45) is 5.73 Å². The number of hydrogen-bond donors (Lipinski definition) is 1. The van der Waals surface area contributed by atoms with Crippen molar-refractivity contribution in [3.05, 3.63) is 39.9 Å². The van der Waals surface area contributed by atoms with Crippen molar-refractivity contribution in [2.75, 3.05) is 0 Å².